The average Bonchev–Trinajstić information content (AvgIpc) is 1.63. The second-order valence-electron chi connectivity index (χ2n) is 23.3. The molecule has 0 aliphatic carbocycles. The summed E-state index contributed by atoms with van der Waals surface area (Å²) in [6.45, 7) is 0. The number of hydrogen-bond acceptors (Lipinski definition) is 2. The zero-order chi connectivity index (χ0) is 70.0. The van der Waals surface area contributed by atoms with Crippen molar-refractivity contribution in [2.24, 2.45) is 0 Å². The molecule has 10 nitrogen and oxygen atoms in total. The molecule has 0 fully saturated rings. The molecular weight excluding hydrogens is 1500 g/mol. The van der Waals surface area contributed by atoms with Crippen LogP contribution in [0.5, 0.6) is 0 Å². The Bertz CT molecular complexity index is 4630. The summed E-state index contributed by atoms with van der Waals surface area (Å²) < 4.78 is 17.5. The monoisotopic (exact) mass is 1550 g/mol. The van der Waals surface area contributed by atoms with Gasteiger partial charge in [0.2, 0.25) is 0 Å². The van der Waals surface area contributed by atoms with Crippen LogP contribution in [0.4, 0.5) is 0 Å². The molecular formula is C85H58Cl4N8O2S2Zn2. The molecule has 14 aromatic rings. The molecule has 2 aliphatic heterocycles. The summed E-state index contributed by atoms with van der Waals surface area (Å²) in [5.41, 5.74) is 17.8. The average molecular weight is 1560 g/mol. The summed E-state index contributed by atoms with van der Waals surface area (Å²) >= 11 is 19.3. The first kappa shape index (κ1) is 74.5. The Kier molecular flexibility index (Phi) is 24.7. The fraction of sp³-hybridized carbons (Fsp3) is 0.0588. The summed E-state index contributed by atoms with van der Waals surface area (Å²) in [7, 11) is -1.22. The number of fused-ring (bicyclic) bond motifs is 16. The second kappa shape index (κ2) is 34.1. The largest absolute Gasteiger partial charge is 0.628 e. The van der Waals surface area contributed by atoms with Gasteiger partial charge in [-0.1, -0.05) is 46.4 Å². The number of hydrogen-bond donors (Lipinski definition) is 0. The zero-order valence-electron chi connectivity index (χ0n) is 56.2. The van der Waals surface area contributed by atoms with Gasteiger partial charge in [-0.25, -0.2) is 0 Å². The number of halogens is 4. The minimum Gasteiger partial charge on any atom is -0.628 e. The van der Waals surface area contributed by atoms with E-state index in [4.69, 9.17) is 86.3 Å². The molecule has 0 radical (unpaired) electrons. The van der Waals surface area contributed by atoms with E-state index < -0.39 is 24.9 Å². The number of alkyl halides is 4. The van der Waals surface area contributed by atoms with Gasteiger partial charge >= 0.3 is 0 Å². The van der Waals surface area contributed by atoms with Crippen molar-refractivity contribution in [3.8, 4) is 23.7 Å². The third-order valence-corrected chi connectivity index (χ3v) is 16.0. The molecule has 16 bridgehead atoms. The number of aromatic nitrogens is 8. The van der Waals surface area contributed by atoms with Crippen LogP contribution in [0.3, 0.4) is 0 Å². The van der Waals surface area contributed by atoms with E-state index in [9.17, 15) is 8.42 Å². The van der Waals surface area contributed by atoms with Gasteiger partial charge in [-0.3, -0.25) is 8.42 Å². The first-order valence-electron chi connectivity index (χ1n) is 31.8. The summed E-state index contributed by atoms with van der Waals surface area (Å²) in [5.74, 6) is 20.2. The number of rotatable bonds is 6. The molecule has 18 heteroatoms. The first-order valence-corrected chi connectivity index (χ1v) is 37.2. The van der Waals surface area contributed by atoms with Crippen LogP contribution in [-0.2, 0) is 60.6 Å². The van der Waals surface area contributed by atoms with Crippen molar-refractivity contribution in [2.45, 2.75) is 3.25 Å². The molecule has 103 heavy (non-hydrogen) atoms. The van der Waals surface area contributed by atoms with E-state index in [1.165, 1.54) is 0 Å². The molecule has 6 aromatic carbocycles. The first-order chi connectivity index (χ1) is 49.1. The molecule has 10 heterocycles. The molecule has 0 saturated heterocycles. The summed E-state index contributed by atoms with van der Waals surface area (Å²) in [4.78, 5) is 43.3. The van der Waals surface area contributed by atoms with Crippen LogP contribution in [0.1, 0.15) is 124 Å². The van der Waals surface area contributed by atoms with Gasteiger partial charge in [0, 0.05) is 291 Å². The van der Waals surface area contributed by atoms with Crippen LogP contribution >= 0.6 is 46.4 Å². The summed E-state index contributed by atoms with van der Waals surface area (Å²) in [6, 6.07) is 94.7. The van der Waals surface area contributed by atoms with E-state index in [0.717, 1.165) is 137 Å². The van der Waals surface area contributed by atoms with Crippen molar-refractivity contribution >= 4 is 68.0 Å². The van der Waals surface area contributed by atoms with E-state index in [1.807, 2.05) is 158 Å². The van der Waals surface area contributed by atoms with Crippen molar-refractivity contribution in [1.82, 2.24) is 39.9 Å². The molecule has 494 valence electrons. The molecule has 0 spiro atoms. The third-order valence-electron chi connectivity index (χ3n) is 16.0. The molecule has 0 atom stereocenters. The van der Waals surface area contributed by atoms with Crippen molar-refractivity contribution < 1.29 is 47.4 Å². The Morgan fingerprint density at radius 1 is 0.243 bits per heavy atom. The van der Waals surface area contributed by atoms with Crippen molar-refractivity contribution in [3.05, 3.63) is 451 Å². The summed E-state index contributed by atoms with van der Waals surface area (Å²) in [5, 5.41) is 0. The van der Waals surface area contributed by atoms with E-state index in [1.54, 1.807) is 25.0 Å². The normalized spacial score (nSPS) is 12.3. The zero-order valence-corrected chi connectivity index (χ0v) is 66.8. The molecule has 0 unspecified atom stereocenters. The molecule has 8 aromatic heterocycles. The predicted molar refractivity (Wildman–Crippen MR) is 405 cm³/mol. The number of benzene rings is 6. The fourth-order valence-corrected chi connectivity index (χ4v) is 12.0. The van der Waals surface area contributed by atoms with E-state index >= 15 is 0 Å². The van der Waals surface area contributed by atoms with Crippen molar-refractivity contribution in [1.29, 1.82) is 0 Å². The van der Waals surface area contributed by atoms with E-state index in [0.29, 0.717) is 34.6 Å². The van der Waals surface area contributed by atoms with Gasteiger partial charge in [0.15, 0.2) is 11.8 Å². The summed E-state index contributed by atoms with van der Waals surface area (Å²) in [6.07, 6.45) is 6.56. The van der Waals surface area contributed by atoms with Gasteiger partial charge in [0.1, 0.15) is 0 Å². The van der Waals surface area contributed by atoms with Gasteiger partial charge < -0.3 is 39.9 Å². The van der Waals surface area contributed by atoms with Gasteiger partial charge in [-0.05, 0) is 200 Å². The van der Waals surface area contributed by atoms with Gasteiger partial charge in [-0.2, -0.15) is 0 Å². The minimum absolute atomic E-state index is 0. The van der Waals surface area contributed by atoms with Gasteiger partial charge in [-0.15, -0.1) is 0 Å². The van der Waals surface area contributed by atoms with Crippen LogP contribution in [0, 0.1) is 71.0 Å². The Labute approximate surface area is 652 Å². The maximum Gasteiger partial charge on any atom is 0.266 e. The van der Waals surface area contributed by atoms with Crippen molar-refractivity contribution in [2.75, 3.05) is 25.0 Å². The standard InChI is InChI=1S/C80H46N8.2C2H6OS.CCl4.2Zn/c1-7-21-51(22-8-1)75-63-39-35-59(81-63)57(60-36-40-64(82-60)76(52-23-9-2-10-24-52)68-44-48-72(86-68)79(55-29-15-5-16-30-55)71-47-43-67(75)85-71)33-19-20-34-58-61-37-41-65(83-61)77(53-25-11-3-12-26-53)69-45-49-73(87-69)80(56-31-17-6-18-32-56)74-50-46-70(88-74)78(54-27-13-4-14-28-54)66-42-38-62(58)84-66;2*1-4(2)3;2-1(3,4)5;;/h1-18,21-32,35-50H;2*1-2H3;;;. The SMILES string of the molecule is C(C#C[C+]1c2ccc([n-]2)[C+](c2ccccc2)c2ccc([n-]2)[C+](c2ccccc2)c2ccc([n-]2)[C+](c2ccccc2)c2ccc1[n-]2)#C[C+]1c2ccc([n-]2)[C+](c2ccccc2)c2ccc([n-]2)[C+](c2ccccc2)c2ccc([n-]2)[C+](c2ccccc2)c2ccc1[n-]2.CS(C)=O.CS(C)=O.ClC(Cl)(Cl)Cl.[Zn].[Zn]. The van der Waals surface area contributed by atoms with Crippen LogP contribution < -0.4 is 39.9 Å². The Balaban J connectivity index is 0.000000656. The van der Waals surface area contributed by atoms with Crippen LogP contribution in [0.15, 0.2) is 279 Å². The minimum atomic E-state index is -1.61. The van der Waals surface area contributed by atoms with Crippen LogP contribution in [0.25, 0.3) is 0 Å². The maximum atomic E-state index is 9.56. The second-order valence-corrected chi connectivity index (χ2v) is 29.7. The topological polar surface area (TPSA) is 147 Å². The molecule has 0 N–H and O–H groups in total. The molecule has 0 amide bonds. The molecule has 0 saturated carbocycles. The Morgan fingerprint density at radius 3 is 0.495 bits per heavy atom. The number of nitrogens with zero attached hydrogens (tertiary/aromatic N) is 8. The maximum absolute atomic E-state index is 9.56. The smallest absolute Gasteiger partial charge is 0.266 e. The Hall–Kier alpha value is -9.65. The van der Waals surface area contributed by atoms with Crippen LogP contribution in [-0.4, -0.2) is 36.7 Å². The van der Waals surface area contributed by atoms with Gasteiger partial charge in [0.05, 0.1) is 57.1 Å². The molecule has 2 aliphatic rings. The quantitative estimate of drug-likeness (QED) is 0.0682. The molecule has 16 rings (SSSR count). The van der Waals surface area contributed by atoms with Crippen molar-refractivity contribution in [3.63, 3.8) is 0 Å². The van der Waals surface area contributed by atoms with E-state index in [2.05, 4.69) is 145 Å². The third kappa shape index (κ3) is 17.9. The fourth-order valence-electron chi connectivity index (χ4n) is 12.0. The van der Waals surface area contributed by atoms with E-state index in [-0.39, 0.29) is 39.0 Å². The van der Waals surface area contributed by atoms with Gasteiger partial charge in [0.25, 0.3) is 3.25 Å². The van der Waals surface area contributed by atoms with Crippen LogP contribution in [0.2, 0.25) is 0 Å². The Morgan fingerprint density at radius 2 is 0.359 bits per heavy atom. The predicted octanol–water partition coefficient (Wildman–Crippen LogP) is 15.3.